The van der Waals surface area contributed by atoms with Crippen LogP contribution in [0.25, 0.3) is 0 Å². The summed E-state index contributed by atoms with van der Waals surface area (Å²) in [5.74, 6) is -1.53. The van der Waals surface area contributed by atoms with Crippen LogP contribution < -0.4 is 0 Å². The van der Waals surface area contributed by atoms with Crippen molar-refractivity contribution in [3.63, 3.8) is 0 Å². The summed E-state index contributed by atoms with van der Waals surface area (Å²) >= 11 is 0. The second-order valence-corrected chi connectivity index (χ2v) is 16.0. The third-order valence-corrected chi connectivity index (χ3v) is 9.79. The first-order valence-electron chi connectivity index (χ1n) is 22.0. The van der Waals surface area contributed by atoms with Crippen molar-refractivity contribution >= 4 is 17.9 Å². The average molecular weight is 763 g/mol. The normalized spacial score (nSPS) is 13.3. The Labute approximate surface area is 332 Å². The van der Waals surface area contributed by atoms with E-state index in [-0.39, 0.29) is 42.7 Å². The van der Waals surface area contributed by atoms with Gasteiger partial charge in [0.2, 0.25) is 0 Å². The number of unbranched alkanes of at least 4 members (excludes halogenated alkanes) is 19. The third kappa shape index (κ3) is 35.3. The largest absolute Gasteiger partial charge is 0.477 e. The van der Waals surface area contributed by atoms with Gasteiger partial charge >= 0.3 is 17.9 Å². The molecular formula is C46H84NO7+. The Balaban J connectivity index is 4.43. The van der Waals surface area contributed by atoms with Gasteiger partial charge in [-0.1, -0.05) is 159 Å². The van der Waals surface area contributed by atoms with E-state index in [0.717, 1.165) is 38.5 Å². The van der Waals surface area contributed by atoms with Crippen LogP contribution in [0, 0.1) is 0 Å². The molecule has 0 saturated heterocycles. The van der Waals surface area contributed by atoms with Crippen LogP contribution in [-0.4, -0.2) is 80.6 Å². The highest BCUT2D eigenvalue weighted by Crippen LogP contribution is 2.14. The predicted octanol–water partition coefficient (Wildman–Crippen LogP) is 11.9. The number of carboxylic acid groups (broad SMARTS) is 1. The van der Waals surface area contributed by atoms with Gasteiger partial charge in [-0.15, -0.1) is 0 Å². The molecule has 0 saturated carbocycles. The summed E-state index contributed by atoms with van der Waals surface area (Å²) in [5.41, 5.74) is 0. The van der Waals surface area contributed by atoms with Gasteiger partial charge in [-0.3, -0.25) is 9.59 Å². The van der Waals surface area contributed by atoms with E-state index in [2.05, 4.69) is 50.3 Å². The average Bonchev–Trinajstić information content (AvgIpc) is 3.12. The van der Waals surface area contributed by atoms with Gasteiger partial charge in [0.1, 0.15) is 6.61 Å². The lowest BCUT2D eigenvalue weighted by atomic mass is 10.0. The van der Waals surface area contributed by atoms with Crippen molar-refractivity contribution < 1.29 is 38.2 Å². The fourth-order valence-corrected chi connectivity index (χ4v) is 6.34. The molecule has 0 aromatic heterocycles. The first-order valence-corrected chi connectivity index (χ1v) is 22.0. The van der Waals surface area contributed by atoms with E-state index >= 15 is 0 Å². The molecule has 2 unspecified atom stereocenters. The highest BCUT2D eigenvalue weighted by molar-refractivity contribution is 5.72. The smallest absolute Gasteiger partial charge is 0.362 e. The van der Waals surface area contributed by atoms with Crippen LogP contribution >= 0.6 is 0 Å². The van der Waals surface area contributed by atoms with Crippen molar-refractivity contribution in [3.8, 4) is 0 Å². The van der Waals surface area contributed by atoms with Gasteiger partial charge in [0, 0.05) is 19.3 Å². The van der Waals surface area contributed by atoms with E-state index in [4.69, 9.17) is 14.2 Å². The summed E-state index contributed by atoms with van der Waals surface area (Å²) in [6.07, 6.45) is 41.9. The van der Waals surface area contributed by atoms with Crippen LogP contribution in [-0.2, 0) is 28.6 Å². The molecule has 0 radical (unpaired) electrons. The maximum atomic E-state index is 12.7. The van der Waals surface area contributed by atoms with E-state index in [1.807, 2.05) is 21.1 Å². The monoisotopic (exact) mass is 763 g/mol. The summed E-state index contributed by atoms with van der Waals surface area (Å²) < 4.78 is 17.2. The van der Waals surface area contributed by atoms with Gasteiger partial charge in [0.15, 0.2) is 12.1 Å². The molecule has 0 aliphatic rings. The highest BCUT2D eigenvalue weighted by atomic mass is 16.6. The molecule has 0 fully saturated rings. The number of hydrogen-bond acceptors (Lipinski definition) is 6. The van der Waals surface area contributed by atoms with Crippen molar-refractivity contribution in [2.24, 2.45) is 0 Å². The maximum Gasteiger partial charge on any atom is 0.362 e. The van der Waals surface area contributed by atoms with E-state index < -0.39 is 18.1 Å². The highest BCUT2D eigenvalue weighted by Gasteiger charge is 2.31. The Kier molecular flexibility index (Phi) is 35.8. The van der Waals surface area contributed by atoms with Crippen molar-refractivity contribution in [1.29, 1.82) is 0 Å². The van der Waals surface area contributed by atoms with Crippen molar-refractivity contribution in [1.82, 2.24) is 0 Å². The lowest BCUT2D eigenvalue weighted by Crippen LogP contribution is -2.50. The zero-order chi connectivity index (χ0) is 40.0. The summed E-state index contributed by atoms with van der Waals surface area (Å²) in [6, 6.07) is -0.621. The standard InChI is InChI=1S/C46H83NO7/c1-6-8-10-12-14-16-18-20-21-22-23-25-27-29-31-33-35-37-45(49)54-42(40-52-39-38-43(46(50)51)47(3,4)5)41-53-44(48)36-34-32-30-28-26-24-19-17-15-13-11-9-7-2/h20-21,23,25,29,31,42-43H,6-19,22,24,26-28,30,32-41H2,1-5H3/p+1/b21-20+,25-23+,31-29+. The topological polar surface area (TPSA) is 99.1 Å². The molecule has 8 heteroatoms. The van der Waals surface area contributed by atoms with Gasteiger partial charge in [0.05, 0.1) is 34.4 Å². The van der Waals surface area contributed by atoms with Gasteiger partial charge in [-0.2, -0.15) is 0 Å². The maximum absolute atomic E-state index is 12.7. The van der Waals surface area contributed by atoms with Gasteiger partial charge in [0.25, 0.3) is 0 Å². The second-order valence-electron chi connectivity index (χ2n) is 16.0. The molecule has 314 valence electrons. The summed E-state index contributed by atoms with van der Waals surface area (Å²) in [7, 11) is 5.51. The number of nitrogens with zero attached hydrogens (tertiary/aromatic N) is 1. The Morgan fingerprint density at radius 2 is 1.00 bits per heavy atom. The summed E-state index contributed by atoms with van der Waals surface area (Å²) in [4.78, 5) is 36.9. The van der Waals surface area contributed by atoms with Crippen molar-refractivity contribution in [3.05, 3.63) is 36.5 Å². The molecule has 54 heavy (non-hydrogen) atoms. The molecule has 0 rings (SSSR count). The lowest BCUT2D eigenvalue weighted by Gasteiger charge is -2.31. The van der Waals surface area contributed by atoms with Crippen LogP contribution in [0.3, 0.4) is 0 Å². The predicted molar refractivity (Wildman–Crippen MR) is 225 cm³/mol. The van der Waals surface area contributed by atoms with Gasteiger partial charge in [-0.05, 0) is 44.9 Å². The molecule has 0 aromatic carbocycles. The molecule has 0 bridgehead atoms. The lowest BCUT2D eigenvalue weighted by molar-refractivity contribution is -0.887. The molecular weight excluding hydrogens is 679 g/mol. The zero-order valence-electron chi connectivity index (χ0n) is 35.7. The first kappa shape index (κ1) is 51.5. The van der Waals surface area contributed by atoms with Gasteiger partial charge in [-0.25, -0.2) is 4.79 Å². The molecule has 0 aliphatic heterocycles. The molecule has 2 atom stereocenters. The Morgan fingerprint density at radius 1 is 0.556 bits per heavy atom. The number of ether oxygens (including phenoxy) is 3. The number of carboxylic acids is 1. The first-order chi connectivity index (χ1) is 26.1. The molecule has 0 amide bonds. The molecule has 0 spiro atoms. The van der Waals surface area contributed by atoms with Crippen molar-refractivity contribution in [2.45, 2.75) is 199 Å². The van der Waals surface area contributed by atoms with Crippen LogP contribution in [0.1, 0.15) is 187 Å². The number of quaternary nitrogens is 1. The van der Waals surface area contributed by atoms with Gasteiger partial charge < -0.3 is 23.8 Å². The number of allylic oxidation sites excluding steroid dienone is 6. The van der Waals surface area contributed by atoms with E-state index in [0.29, 0.717) is 19.3 Å². The fourth-order valence-electron chi connectivity index (χ4n) is 6.34. The molecule has 1 N–H and O–H groups in total. The number of carbonyl (C=O) groups excluding carboxylic acids is 2. The second kappa shape index (κ2) is 37.5. The van der Waals surface area contributed by atoms with Crippen LogP contribution in [0.15, 0.2) is 36.5 Å². The Morgan fingerprint density at radius 3 is 1.50 bits per heavy atom. The fraction of sp³-hybridized carbons (Fsp3) is 0.804. The molecule has 0 aromatic rings. The van der Waals surface area contributed by atoms with Crippen LogP contribution in [0.2, 0.25) is 0 Å². The molecule has 0 aliphatic carbocycles. The third-order valence-electron chi connectivity index (χ3n) is 9.79. The SMILES string of the molecule is CCCCCCCC/C=C/C/C=C/C/C=C/CCCC(=O)OC(COCCC(C(=O)O)[N+](C)(C)C)COC(=O)CCCCCCCCCCCCCCC. The molecule has 8 nitrogen and oxygen atoms in total. The van der Waals surface area contributed by atoms with Crippen LogP contribution in [0.4, 0.5) is 0 Å². The Hall–Kier alpha value is -2.45. The number of hydrogen-bond donors (Lipinski definition) is 1. The Bertz CT molecular complexity index is 984. The number of aliphatic carboxylic acids is 1. The minimum Gasteiger partial charge on any atom is -0.477 e. The van der Waals surface area contributed by atoms with E-state index in [9.17, 15) is 19.5 Å². The number of esters is 2. The summed E-state index contributed by atoms with van der Waals surface area (Å²) in [5, 5.41) is 9.61. The number of rotatable bonds is 39. The quantitative estimate of drug-likeness (QED) is 0.0288. The number of likely N-dealkylation sites (N-methyl/N-ethyl adjacent to an activating group) is 1. The van der Waals surface area contributed by atoms with Crippen LogP contribution in [0.5, 0.6) is 0 Å². The molecule has 0 heterocycles. The minimum atomic E-state index is -0.882. The van der Waals surface area contributed by atoms with E-state index in [1.54, 1.807) is 0 Å². The minimum absolute atomic E-state index is 0.0434. The van der Waals surface area contributed by atoms with Crippen molar-refractivity contribution in [2.75, 3.05) is 41.0 Å². The summed E-state index contributed by atoms with van der Waals surface area (Å²) in [6.45, 7) is 4.68. The number of carbonyl (C=O) groups is 3. The zero-order valence-corrected chi connectivity index (χ0v) is 35.7. The van der Waals surface area contributed by atoms with E-state index in [1.165, 1.54) is 109 Å².